The molecule has 0 spiro atoms. The van der Waals surface area contributed by atoms with Crippen molar-refractivity contribution in [3.05, 3.63) is 94.5 Å². The summed E-state index contributed by atoms with van der Waals surface area (Å²) < 4.78 is 1.65. The van der Waals surface area contributed by atoms with E-state index < -0.39 is 0 Å². The first-order valence-corrected chi connectivity index (χ1v) is 10.9. The van der Waals surface area contributed by atoms with Crippen molar-refractivity contribution < 1.29 is 9.90 Å². The molecule has 0 saturated carbocycles. The molecule has 0 radical (unpaired) electrons. The lowest BCUT2D eigenvalue weighted by atomic mass is 10.1. The van der Waals surface area contributed by atoms with E-state index in [4.69, 9.17) is 23.2 Å². The average molecular weight is 477 g/mol. The standard InChI is InChI=1S/C25H18Cl2N4O2/c26-17-9-8-16(21(27)12-17)14-31-23-11-10-18(13-20(23)24(32)30-31)28-25(33)29-22-7-3-5-15-4-1-2-6-19(15)22/h1-13H,14H2,(H,30,32)(H2,28,29,33). The summed E-state index contributed by atoms with van der Waals surface area (Å²) >= 11 is 12.3. The van der Waals surface area contributed by atoms with Crippen molar-refractivity contribution in [3.8, 4) is 5.88 Å². The molecule has 0 aliphatic heterocycles. The number of nitrogens with zero attached hydrogens (tertiary/aromatic N) is 2. The summed E-state index contributed by atoms with van der Waals surface area (Å²) in [6.45, 7) is 0.363. The Balaban J connectivity index is 1.37. The van der Waals surface area contributed by atoms with E-state index >= 15 is 0 Å². The van der Waals surface area contributed by atoms with Crippen LogP contribution in [0.1, 0.15) is 5.56 Å². The maximum atomic E-state index is 12.6. The lowest BCUT2D eigenvalue weighted by Crippen LogP contribution is -2.19. The van der Waals surface area contributed by atoms with Gasteiger partial charge in [0.05, 0.1) is 23.1 Å². The maximum Gasteiger partial charge on any atom is 0.323 e. The van der Waals surface area contributed by atoms with E-state index in [1.807, 2.05) is 48.5 Å². The number of anilines is 2. The van der Waals surface area contributed by atoms with Crippen LogP contribution in [0.25, 0.3) is 21.7 Å². The molecule has 4 aromatic carbocycles. The minimum absolute atomic E-state index is 0.131. The van der Waals surface area contributed by atoms with Gasteiger partial charge < -0.3 is 15.7 Å². The minimum atomic E-state index is -0.384. The highest BCUT2D eigenvalue weighted by atomic mass is 35.5. The predicted molar refractivity (Wildman–Crippen MR) is 134 cm³/mol. The maximum absolute atomic E-state index is 12.6. The lowest BCUT2D eigenvalue weighted by molar-refractivity contribution is 0.262. The van der Waals surface area contributed by atoms with Crippen LogP contribution in [0.15, 0.2) is 78.9 Å². The van der Waals surface area contributed by atoms with E-state index in [2.05, 4.69) is 15.7 Å². The molecule has 1 aromatic heterocycles. The zero-order valence-corrected chi connectivity index (χ0v) is 18.7. The number of nitrogens with one attached hydrogen (secondary N) is 2. The Labute approximate surface area is 199 Å². The van der Waals surface area contributed by atoms with Crippen LogP contribution in [0, 0.1) is 0 Å². The third-order valence-corrected chi connectivity index (χ3v) is 5.95. The van der Waals surface area contributed by atoms with Gasteiger partial charge >= 0.3 is 6.03 Å². The van der Waals surface area contributed by atoms with E-state index in [1.165, 1.54) is 0 Å². The molecular weight excluding hydrogens is 459 g/mol. The van der Waals surface area contributed by atoms with Crippen LogP contribution in [-0.4, -0.2) is 20.9 Å². The first-order chi connectivity index (χ1) is 16.0. The van der Waals surface area contributed by atoms with Gasteiger partial charge in [-0.05, 0) is 47.3 Å². The molecule has 0 aliphatic carbocycles. The third-order valence-electron chi connectivity index (χ3n) is 5.36. The number of benzene rings is 4. The van der Waals surface area contributed by atoms with E-state index in [0.29, 0.717) is 38.9 Å². The Morgan fingerprint density at radius 3 is 2.58 bits per heavy atom. The lowest BCUT2D eigenvalue weighted by Gasteiger charge is -2.10. The Morgan fingerprint density at radius 1 is 0.909 bits per heavy atom. The van der Waals surface area contributed by atoms with Gasteiger partial charge in [0.15, 0.2) is 0 Å². The molecule has 0 saturated heterocycles. The summed E-state index contributed by atoms with van der Waals surface area (Å²) in [4.78, 5) is 12.6. The van der Waals surface area contributed by atoms with Crippen molar-refractivity contribution in [2.24, 2.45) is 0 Å². The van der Waals surface area contributed by atoms with Crippen LogP contribution < -0.4 is 10.6 Å². The van der Waals surface area contributed by atoms with Crippen LogP contribution >= 0.6 is 23.2 Å². The second-order valence-electron chi connectivity index (χ2n) is 7.55. The van der Waals surface area contributed by atoms with Crippen LogP contribution in [0.2, 0.25) is 10.0 Å². The van der Waals surface area contributed by atoms with Gasteiger partial charge in [0, 0.05) is 21.1 Å². The second-order valence-corrected chi connectivity index (χ2v) is 8.40. The topological polar surface area (TPSA) is 79.2 Å². The summed E-state index contributed by atoms with van der Waals surface area (Å²) in [6, 6.07) is 23.6. The summed E-state index contributed by atoms with van der Waals surface area (Å²) in [5.74, 6) is -0.131. The molecule has 3 N–H and O–H groups in total. The van der Waals surface area contributed by atoms with E-state index in [9.17, 15) is 9.90 Å². The number of aromatic nitrogens is 2. The first-order valence-electron chi connectivity index (χ1n) is 10.2. The van der Waals surface area contributed by atoms with Crippen molar-refractivity contribution in [1.82, 2.24) is 9.78 Å². The number of fused-ring (bicyclic) bond motifs is 2. The Morgan fingerprint density at radius 2 is 1.73 bits per heavy atom. The van der Waals surface area contributed by atoms with Crippen molar-refractivity contribution in [2.45, 2.75) is 6.54 Å². The van der Waals surface area contributed by atoms with Crippen molar-refractivity contribution >= 4 is 62.3 Å². The van der Waals surface area contributed by atoms with E-state index in [0.717, 1.165) is 16.3 Å². The molecule has 164 valence electrons. The highest BCUT2D eigenvalue weighted by molar-refractivity contribution is 6.35. The van der Waals surface area contributed by atoms with Gasteiger partial charge in [0.25, 0.3) is 0 Å². The minimum Gasteiger partial charge on any atom is -0.492 e. The highest BCUT2D eigenvalue weighted by Gasteiger charge is 2.13. The Kier molecular flexibility index (Phi) is 5.54. The second kappa shape index (κ2) is 8.65. The summed E-state index contributed by atoms with van der Waals surface area (Å²) in [6.07, 6.45) is 0. The molecule has 8 heteroatoms. The normalized spacial score (nSPS) is 11.1. The predicted octanol–water partition coefficient (Wildman–Crippen LogP) is 6.89. The Hall–Kier alpha value is -3.74. The summed E-state index contributed by atoms with van der Waals surface area (Å²) in [7, 11) is 0. The van der Waals surface area contributed by atoms with Gasteiger partial charge in [-0.2, -0.15) is 0 Å². The van der Waals surface area contributed by atoms with Crippen LogP contribution in [0.4, 0.5) is 16.2 Å². The Bertz CT molecular complexity index is 1510. The number of hydrogen-bond donors (Lipinski definition) is 3. The van der Waals surface area contributed by atoms with Gasteiger partial charge in [0.2, 0.25) is 5.88 Å². The van der Waals surface area contributed by atoms with Crippen LogP contribution in [0.3, 0.4) is 0 Å². The van der Waals surface area contributed by atoms with Crippen molar-refractivity contribution in [3.63, 3.8) is 0 Å². The number of carbonyl (C=O) groups excluding carboxylic acids is 1. The monoisotopic (exact) mass is 476 g/mol. The molecule has 2 amide bonds. The number of aromatic hydroxyl groups is 1. The molecule has 5 rings (SSSR count). The summed E-state index contributed by atoms with van der Waals surface area (Å²) in [5.41, 5.74) is 2.77. The van der Waals surface area contributed by atoms with E-state index in [1.54, 1.807) is 35.0 Å². The zero-order chi connectivity index (χ0) is 22.9. The smallest absolute Gasteiger partial charge is 0.323 e. The molecule has 0 unspecified atom stereocenters. The molecule has 5 aromatic rings. The first kappa shape index (κ1) is 21.1. The van der Waals surface area contributed by atoms with Gasteiger partial charge in [-0.15, -0.1) is 5.10 Å². The number of urea groups is 1. The van der Waals surface area contributed by atoms with Crippen LogP contribution in [0.5, 0.6) is 5.88 Å². The molecule has 6 nitrogen and oxygen atoms in total. The molecule has 0 atom stereocenters. The highest BCUT2D eigenvalue weighted by Crippen LogP contribution is 2.29. The number of halogens is 2. The fourth-order valence-electron chi connectivity index (χ4n) is 3.79. The third kappa shape index (κ3) is 4.31. The molecule has 0 fully saturated rings. The zero-order valence-electron chi connectivity index (χ0n) is 17.2. The van der Waals surface area contributed by atoms with Gasteiger partial charge in [-0.1, -0.05) is 65.7 Å². The van der Waals surface area contributed by atoms with Gasteiger partial charge in [0.1, 0.15) is 0 Å². The fourth-order valence-corrected chi connectivity index (χ4v) is 4.26. The summed E-state index contributed by atoms with van der Waals surface area (Å²) in [5, 5.41) is 23.9. The molecule has 0 bridgehead atoms. The molecule has 1 heterocycles. The molecule has 0 aliphatic rings. The molecule has 33 heavy (non-hydrogen) atoms. The van der Waals surface area contributed by atoms with Crippen molar-refractivity contribution in [1.29, 1.82) is 0 Å². The quantitative estimate of drug-likeness (QED) is 0.264. The largest absolute Gasteiger partial charge is 0.492 e. The van der Waals surface area contributed by atoms with Crippen LogP contribution in [-0.2, 0) is 6.54 Å². The number of carbonyl (C=O) groups is 1. The van der Waals surface area contributed by atoms with E-state index in [-0.39, 0.29) is 11.9 Å². The number of hydrogen-bond acceptors (Lipinski definition) is 3. The van der Waals surface area contributed by atoms with Crippen molar-refractivity contribution in [2.75, 3.05) is 10.6 Å². The molecular formula is C25H18Cl2N4O2. The number of amides is 2. The average Bonchev–Trinajstić information content (AvgIpc) is 3.10. The van der Waals surface area contributed by atoms with Gasteiger partial charge in [-0.3, -0.25) is 4.68 Å². The van der Waals surface area contributed by atoms with Gasteiger partial charge in [-0.25, -0.2) is 4.79 Å². The number of rotatable bonds is 4. The fraction of sp³-hybridized carbons (Fsp3) is 0.0400. The SMILES string of the molecule is O=C(Nc1ccc2c(c1)c(O)nn2Cc1ccc(Cl)cc1Cl)Nc1cccc2ccccc12.